The summed E-state index contributed by atoms with van der Waals surface area (Å²) in [5, 5.41) is 0. The smallest absolute Gasteiger partial charge is 0.171 e. The summed E-state index contributed by atoms with van der Waals surface area (Å²) in [6.45, 7) is 9.04. The lowest BCUT2D eigenvalue weighted by atomic mass is 9.86. The Bertz CT molecular complexity index is 261. The lowest BCUT2D eigenvalue weighted by Crippen LogP contribution is -2.45. The molecule has 25 heavy (non-hydrogen) atoms. The molecule has 0 aliphatic carbocycles. The highest BCUT2D eigenvalue weighted by Gasteiger charge is 2.38. The Kier molecular flexibility index (Phi) is 17.2. The molecular formula is C21H44O4. The van der Waals surface area contributed by atoms with Gasteiger partial charge < -0.3 is 18.9 Å². The molecule has 1 unspecified atom stereocenters. The molecule has 0 bridgehead atoms. The van der Waals surface area contributed by atoms with Crippen molar-refractivity contribution in [3.05, 3.63) is 0 Å². The van der Waals surface area contributed by atoms with Crippen LogP contribution in [-0.4, -0.2) is 46.4 Å². The highest BCUT2D eigenvalue weighted by atomic mass is 16.7. The second kappa shape index (κ2) is 17.3. The summed E-state index contributed by atoms with van der Waals surface area (Å²) in [6.07, 6.45) is 12.3. The van der Waals surface area contributed by atoms with E-state index in [1.165, 1.54) is 44.9 Å². The maximum absolute atomic E-state index is 6.27. The van der Waals surface area contributed by atoms with Crippen LogP contribution >= 0.6 is 0 Å². The molecule has 0 aliphatic rings. The summed E-state index contributed by atoms with van der Waals surface area (Å²) < 4.78 is 22.9. The number of hydrogen-bond donors (Lipinski definition) is 0. The minimum Gasteiger partial charge on any atom is -0.382 e. The van der Waals surface area contributed by atoms with Crippen molar-refractivity contribution in [1.29, 1.82) is 0 Å². The Morgan fingerprint density at radius 1 is 0.640 bits per heavy atom. The lowest BCUT2D eigenvalue weighted by molar-refractivity contribution is -0.277. The first kappa shape index (κ1) is 24.8. The van der Waals surface area contributed by atoms with Crippen molar-refractivity contribution in [3.63, 3.8) is 0 Å². The molecule has 1 atom stereocenters. The fourth-order valence-electron chi connectivity index (χ4n) is 3.47. The number of methoxy groups -OCH3 is 2. The number of rotatable bonds is 19. The number of unbranched alkanes of at least 4 members (excludes halogenated alkanes) is 5. The van der Waals surface area contributed by atoms with Crippen molar-refractivity contribution in [1.82, 2.24) is 0 Å². The second-order valence-electron chi connectivity index (χ2n) is 6.89. The molecule has 0 aromatic heterocycles. The Balaban J connectivity index is 4.73. The summed E-state index contributed by atoms with van der Waals surface area (Å²) in [7, 11) is 3.42. The highest BCUT2D eigenvalue weighted by molar-refractivity contribution is 4.79. The second-order valence-corrected chi connectivity index (χ2v) is 6.89. The molecule has 4 nitrogen and oxygen atoms in total. The lowest BCUT2D eigenvalue weighted by Gasteiger charge is -2.40. The van der Waals surface area contributed by atoms with Crippen LogP contribution in [0.1, 0.15) is 85.0 Å². The fourth-order valence-corrected chi connectivity index (χ4v) is 3.47. The van der Waals surface area contributed by atoms with E-state index in [-0.39, 0.29) is 0 Å². The van der Waals surface area contributed by atoms with Crippen molar-refractivity contribution in [2.24, 2.45) is 5.92 Å². The SMILES string of the molecule is CCCCCCCCC(CCC)C(CC)(OCCOC)OCCOC. The largest absolute Gasteiger partial charge is 0.382 e. The third-order valence-electron chi connectivity index (χ3n) is 4.93. The van der Waals surface area contributed by atoms with Gasteiger partial charge in [0.1, 0.15) is 0 Å². The molecule has 0 amide bonds. The van der Waals surface area contributed by atoms with Crippen molar-refractivity contribution in [2.45, 2.75) is 90.8 Å². The predicted octanol–water partition coefficient (Wildman–Crippen LogP) is 5.59. The Labute approximate surface area is 156 Å². The quantitative estimate of drug-likeness (QED) is 0.222. The molecule has 0 aromatic carbocycles. The Hall–Kier alpha value is -0.160. The van der Waals surface area contributed by atoms with Crippen LogP contribution in [0.25, 0.3) is 0 Å². The average Bonchev–Trinajstić information content (AvgIpc) is 2.63. The number of ether oxygens (including phenoxy) is 4. The van der Waals surface area contributed by atoms with Crippen LogP contribution in [0.15, 0.2) is 0 Å². The first-order valence-corrected chi connectivity index (χ1v) is 10.5. The van der Waals surface area contributed by atoms with E-state index in [9.17, 15) is 0 Å². The molecule has 0 aromatic rings. The minimum atomic E-state index is -0.503. The van der Waals surface area contributed by atoms with Gasteiger partial charge in [-0.1, -0.05) is 65.7 Å². The molecule has 0 saturated heterocycles. The predicted molar refractivity (Wildman–Crippen MR) is 105 cm³/mol. The van der Waals surface area contributed by atoms with Gasteiger partial charge >= 0.3 is 0 Å². The maximum Gasteiger partial charge on any atom is 0.171 e. The van der Waals surface area contributed by atoms with Crippen LogP contribution in [0.4, 0.5) is 0 Å². The molecule has 0 N–H and O–H groups in total. The standard InChI is InChI=1S/C21H44O4/c1-6-9-10-11-12-13-15-20(14-7-2)21(8-3,24-18-16-22-4)25-19-17-23-5/h20H,6-19H2,1-5H3. The molecule has 0 spiro atoms. The third kappa shape index (κ3) is 11.2. The zero-order chi connectivity index (χ0) is 18.8. The highest BCUT2D eigenvalue weighted by Crippen LogP contribution is 2.35. The average molecular weight is 361 g/mol. The van der Waals surface area contributed by atoms with Crippen molar-refractivity contribution >= 4 is 0 Å². The molecule has 4 heteroatoms. The minimum absolute atomic E-state index is 0.433. The van der Waals surface area contributed by atoms with Gasteiger partial charge in [-0.2, -0.15) is 0 Å². The van der Waals surface area contributed by atoms with Crippen LogP contribution in [0.3, 0.4) is 0 Å². The fraction of sp³-hybridized carbons (Fsp3) is 1.00. The molecule has 0 aliphatic heterocycles. The maximum atomic E-state index is 6.27. The molecule has 0 heterocycles. The zero-order valence-corrected chi connectivity index (χ0v) is 17.6. The van der Waals surface area contributed by atoms with Gasteiger partial charge in [-0.25, -0.2) is 0 Å². The Morgan fingerprint density at radius 2 is 1.20 bits per heavy atom. The van der Waals surface area contributed by atoms with Crippen molar-refractivity contribution < 1.29 is 18.9 Å². The van der Waals surface area contributed by atoms with E-state index in [2.05, 4.69) is 20.8 Å². The van der Waals surface area contributed by atoms with Crippen LogP contribution in [0.5, 0.6) is 0 Å². The normalized spacial score (nSPS) is 13.3. The summed E-state index contributed by atoms with van der Waals surface area (Å²) in [6, 6.07) is 0. The monoisotopic (exact) mass is 360 g/mol. The molecule has 0 rings (SSSR count). The third-order valence-corrected chi connectivity index (χ3v) is 4.93. The van der Waals surface area contributed by atoms with Gasteiger partial charge in [-0.15, -0.1) is 0 Å². The Morgan fingerprint density at radius 3 is 1.68 bits per heavy atom. The van der Waals surface area contributed by atoms with Crippen molar-refractivity contribution in [3.8, 4) is 0 Å². The van der Waals surface area contributed by atoms with Gasteiger partial charge in [-0.3, -0.25) is 0 Å². The van der Waals surface area contributed by atoms with E-state index in [1.807, 2.05) is 0 Å². The summed E-state index contributed by atoms with van der Waals surface area (Å²) >= 11 is 0. The van der Waals surface area contributed by atoms with Gasteiger partial charge in [0, 0.05) is 20.1 Å². The van der Waals surface area contributed by atoms with Crippen molar-refractivity contribution in [2.75, 3.05) is 40.6 Å². The van der Waals surface area contributed by atoms with E-state index in [0.717, 1.165) is 19.3 Å². The molecular weight excluding hydrogens is 316 g/mol. The van der Waals surface area contributed by atoms with Gasteiger partial charge in [0.05, 0.1) is 26.4 Å². The van der Waals surface area contributed by atoms with E-state index in [4.69, 9.17) is 18.9 Å². The van der Waals surface area contributed by atoms with E-state index in [1.54, 1.807) is 14.2 Å². The van der Waals surface area contributed by atoms with Gasteiger partial charge in [-0.05, 0) is 19.3 Å². The van der Waals surface area contributed by atoms with Crippen LogP contribution in [-0.2, 0) is 18.9 Å². The van der Waals surface area contributed by atoms with Gasteiger partial charge in [0.25, 0.3) is 0 Å². The molecule has 0 saturated carbocycles. The van der Waals surface area contributed by atoms with E-state index >= 15 is 0 Å². The molecule has 0 fully saturated rings. The molecule has 152 valence electrons. The van der Waals surface area contributed by atoms with E-state index in [0.29, 0.717) is 32.3 Å². The van der Waals surface area contributed by atoms with Crippen LogP contribution in [0, 0.1) is 5.92 Å². The first-order valence-electron chi connectivity index (χ1n) is 10.5. The van der Waals surface area contributed by atoms with E-state index < -0.39 is 5.79 Å². The first-order chi connectivity index (χ1) is 12.2. The summed E-state index contributed by atoms with van der Waals surface area (Å²) in [4.78, 5) is 0. The van der Waals surface area contributed by atoms with Crippen LogP contribution in [0.2, 0.25) is 0 Å². The molecule has 0 radical (unpaired) electrons. The van der Waals surface area contributed by atoms with Crippen LogP contribution < -0.4 is 0 Å². The van der Waals surface area contributed by atoms with Gasteiger partial charge in [0.2, 0.25) is 0 Å². The number of hydrogen-bond acceptors (Lipinski definition) is 4. The summed E-state index contributed by atoms with van der Waals surface area (Å²) in [5.41, 5.74) is 0. The van der Waals surface area contributed by atoms with Gasteiger partial charge in [0.15, 0.2) is 5.79 Å². The zero-order valence-electron chi connectivity index (χ0n) is 17.6. The topological polar surface area (TPSA) is 36.9 Å². The summed E-state index contributed by atoms with van der Waals surface area (Å²) in [5.74, 6) is -0.0707.